The number of halogens is 3. The summed E-state index contributed by atoms with van der Waals surface area (Å²) in [5.41, 5.74) is 2.16. The minimum Gasteiger partial charge on any atom is -0.340 e. The van der Waals surface area contributed by atoms with Crippen molar-refractivity contribution in [1.82, 2.24) is 0 Å². The van der Waals surface area contributed by atoms with Gasteiger partial charge in [0.25, 0.3) is 0 Å². The molecule has 3 nitrogen and oxygen atoms in total. The van der Waals surface area contributed by atoms with Crippen LogP contribution in [0.3, 0.4) is 0 Å². The summed E-state index contributed by atoms with van der Waals surface area (Å²) in [6.45, 7) is 2.55. The number of para-hydroxylation sites is 1. The molecule has 1 amide bonds. The lowest BCUT2D eigenvalue weighted by atomic mass is 10.0. The molecule has 1 N–H and O–H groups in total. The maximum absolute atomic E-state index is 13.1. The molecule has 138 valence electrons. The summed E-state index contributed by atoms with van der Waals surface area (Å²) in [6, 6.07) is 11.4. The monoisotopic (exact) mass is 362 g/mol. The second-order valence-electron chi connectivity index (χ2n) is 6.41. The van der Waals surface area contributed by atoms with Gasteiger partial charge in [-0.25, -0.2) is 0 Å². The highest BCUT2D eigenvalue weighted by molar-refractivity contribution is 5.95. The summed E-state index contributed by atoms with van der Waals surface area (Å²) in [5.74, 6) is -0.279. The average Bonchev–Trinajstić information content (AvgIpc) is 2.61. The Kier molecular flexibility index (Phi) is 5.20. The number of hydrogen-bond donors (Lipinski definition) is 1. The van der Waals surface area contributed by atoms with Crippen LogP contribution in [0.4, 0.5) is 30.2 Å². The first-order chi connectivity index (χ1) is 12.4. The molecule has 0 saturated heterocycles. The third-order valence-electron chi connectivity index (χ3n) is 4.48. The first-order valence-electron chi connectivity index (χ1n) is 8.76. The lowest BCUT2D eigenvalue weighted by Crippen LogP contribution is -2.26. The zero-order chi connectivity index (χ0) is 18.7. The first-order valence-corrected chi connectivity index (χ1v) is 8.76. The van der Waals surface area contributed by atoms with Crippen LogP contribution in [0.25, 0.3) is 0 Å². The Hall–Kier alpha value is -2.50. The third-order valence-corrected chi connectivity index (χ3v) is 4.48. The van der Waals surface area contributed by atoms with E-state index in [-0.39, 0.29) is 18.0 Å². The Morgan fingerprint density at radius 2 is 1.92 bits per heavy atom. The van der Waals surface area contributed by atoms with Crippen molar-refractivity contribution in [2.75, 3.05) is 16.8 Å². The minimum absolute atomic E-state index is 0.204. The van der Waals surface area contributed by atoms with Gasteiger partial charge in [-0.05, 0) is 49.1 Å². The van der Waals surface area contributed by atoms with E-state index in [4.69, 9.17) is 0 Å². The molecule has 0 aromatic heterocycles. The summed E-state index contributed by atoms with van der Waals surface area (Å²) in [7, 11) is 0. The number of nitrogens with zero attached hydrogens (tertiary/aromatic N) is 1. The summed E-state index contributed by atoms with van der Waals surface area (Å²) in [5, 5.41) is 2.67. The lowest BCUT2D eigenvalue weighted by molar-refractivity contribution is -0.137. The lowest BCUT2D eigenvalue weighted by Gasteiger charge is -2.33. The van der Waals surface area contributed by atoms with Gasteiger partial charge in [0, 0.05) is 18.7 Å². The molecule has 1 aliphatic heterocycles. The van der Waals surface area contributed by atoms with Crippen molar-refractivity contribution in [2.24, 2.45) is 0 Å². The van der Waals surface area contributed by atoms with Gasteiger partial charge >= 0.3 is 6.18 Å². The van der Waals surface area contributed by atoms with Crippen molar-refractivity contribution >= 4 is 23.0 Å². The van der Waals surface area contributed by atoms with Gasteiger partial charge in [0.2, 0.25) is 5.91 Å². The second-order valence-corrected chi connectivity index (χ2v) is 6.41. The standard InChI is InChI=1S/C20H21F3N2O/c1-2-6-19(26)24-16-13-15(20(21,22)23)10-11-18(16)25-12-5-8-14-7-3-4-9-17(14)25/h3-4,7,9-11,13H,2,5-6,8,12H2,1H3,(H,24,26). The Bertz CT molecular complexity index is 802. The molecule has 2 aromatic rings. The smallest absolute Gasteiger partial charge is 0.340 e. The molecule has 26 heavy (non-hydrogen) atoms. The van der Waals surface area contributed by atoms with Gasteiger partial charge in [0.05, 0.1) is 16.9 Å². The maximum Gasteiger partial charge on any atom is 0.416 e. The topological polar surface area (TPSA) is 32.3 Å². The highest BCUT2D eigenvalue weighted by Crippen LogP contribution is 2.40. The van der Waals surface area contributed by atoms with Crippen LogP contribution in [0.2, 0.25) is 0 Å². The highest BCUT2D eigenvalue weighted by atomic mass is 19.4. The molecule has 3 rings (SSSR count). The van der Waals surface area contributed by atoms with E-state index >= 15 is 0 Å². The number of amides is 1. The number of rotatable bonds is 4. The van der Waals surface area contributed by atoms with E-state index in [1.165, 1.54) is 6.07 Å². The molecular weight excluding hydrogens is 341 g/mol. The fraction of sp³-hybridized carbons (Fsp3) is 0.350. The molecule has 0 spiro atoms. The van der Waals surface area contributed by atoms with Crippen LogP contribution in [0, 0.1) is 0 Å². The first kappa shape index (κ1) is 18.3. The molecule has 2 aromatic carbocycles. The molecule has 0 bridgehead atoms. The van der Waals surface area contributed by atoms with Gasteiger partial charge in [0.1, 0.15) is 0 Å². The molecule has 0 radical (unpaired) electrons. The Morgan fingerprint density at radius 1 is 1.15 bits per heavy atom. The molecule has 1 aliphatic rings. The van der Waals surface area contributed by atoms with Crippen molar-refractivity contribution in [3.8, 4) is 0 Å². The maximum atomic E-state index is 13.1. The predicted molar refractivity (Wildman–Crippen MR) is 96.8 cm³/mol. The van der Waals surface area contributed by atoms with Crippen LogP contribution in [-0.2, 0) is 17.4 Å². The molecule has 0 fully saturated rings. The van der Waals surface area contributed by atoms with E-state index in [9.17, 15) is 18.0 Å². The van der Waals surface area contributed by atoms with Gasteiger partial charge in [-0.15, -0.1) is 0 Å². The van der Waals surface area contributed by atoms with Crippen LogP contribution in [0.15, 0.2) is 42.5 Å². The van der Waals surface area contributed by atoms with Gasteiger partial charge in [-0.1, -0.05) is 25.1 Å². The zero-order valence-electron chi connectivity index (χ0n) is 14.6. The highest BCUT2D eigenvalue weighted by Gasteiger charge is 2.32. The number of hydrogen-bond acceptors (Lipinski definition) is 2. The number of fused-ring (bicyclic) bond motifs is 1. The van der Waals surface area contributed by atoms with Crippen LogP contribution in [-0.4, -0.2) is 12.5 Å². The fourth-order valence-electron chi connectivity index (χ4n) is 3.27. The van der Waals surface area contributed by atoms with E-state index in [0.29, 0.717) is 18.7 Å². The Balaban J connectivity index is 2.05. The number of anilines is 3. The quantitative estimate of drug-likeness (QED) is 0.776. The Labute approximate surface area is 150 Å². The molecule has 1 heterocycles. The van der Waals surface area contributed by atoms with Crippen LogP contribution in [0.5, 0.6) is 0 Å². The average molecular weight is 362 g/mol. The summed E-state index contributed by atoms with van der Waals surface area (Å²) in [4.78, 5) is 14.0. The van der Waals surface area contributed by atoms with Crippen molar-refractivity contribution < 1.29 is 18.0 Å². The summed E-state index contributed by atoms with van der Waals surface area (Å²) >= 11 is 0. The summed E-state index contributed by atoms with van der Waals surface area (Å²) < 4.78 is 39.4. The number of alkyl halides is 3. The molecule has 0 saturated carbocycles. The van der Waals surface area contributed by atoms with Crippen LogP contribution >= 0.6 is 0 Å². The second kappa shape index (κ2) is 7.40. The number of carbonyl (C=O) groups is 1. The van der Waals surface area contributed by atoms with E-state index < -0.39 is 11.7 Å². The third kappa shape index (κ3) is 3.84. The van der Waals surface area contributed by atoms with Gasteiger partial charge in [-0.3, -0.25) is 4.79 Å². The van der Waals surface area contributed by atoms with Gasteiger partial charge in [-0.2, -0.15) is 13.2 Å². The van der Waals surface area contributed by atoms with Gasteiger partial charge in [0.15, 0.2) is 0 Å². The van der Waals surface area contributed by atoms with Crippen molar-refractivity contribution in [3.05, 3.63) is 53.6 Å². The van der Waals surface area contributed by atoms with E-state index in [0.717, 1.165) is 36.2 Å². The van der Waals surface area contributed by atoms with Crippen molar-refractivity contribution in [1.29, 1.82) is 0 Å². The van der Waals surface area contributed by atoms with Crippen molar-refractivity contribution in [3.63, 3.8) is 0 Å². The molecule has 6 heteroatoms. The van der Waals surface area contributed by atoms with E-state index in [2.05, 4.69) is 5.32 Å². The van der Waals surface area contributed by atoms with Crippen LogP contribution in [0.1, 0.15) is 37.3 Å². The van der Waals surface area contributed by atoms with Crippen molar-refractivity contribution in [2.45, 2.75) is 38.8 Å². The normalized spacial score (nSPS) is 14.1. The van der Waals surface area contributed by atoms with E-state index in [1.807, 2.05) is 36.1 Å². The SMILES string of the molecule is CCCC(=O)Nc1cc(C(F)(F)F)ccc1N1CCCc2ccccc21. The Morgan fingerprint density at radius 3 is 2.65 bits per heavy atom. The summed E-state index contributed by atoms with van der Waals surface area (Å²) in [6.07, 6.45) is -1.72. The number of carbonyl (C=O) groups excluding carboxylic acids is 1. The van der Waals surface area contributed by atoms with Crippen LogP contribution < -0.4 is 10.2 Å². The number of nitrogens with one attached hydrogen (secondary N) is 1. The zero-order valence-corrected chi connectivity index (χ0v) is 14.6. The van der Waals surface area contributed by atoms with Gasteiger partial charge < -0.3 is 10.2 Å². The molecule has 0 aliphatic carbocycles. The molecule has 0 unspecified atom stereocenters. The fourth-order valence-corrected chi connectivity index (χ4v) is 3.27. The predicted octanol–water partition coefficient (Wildman–Crippen LogP) is 5.53. The molecular formula is C20H21F3N2O. The largest absolute Gasteiger partial charge is 0.416 e. The number of benzene rings is 2. The minimum atomic E-state index is -4.46. The number of aryl methyl sites for hydroxylation is 1. The van der Waals surface area contributed by atoms with E-state index in [1.54, 1.807) is 0 Å². The molecule has 0 atom stereocenters.